The molecule has 4 rings (SSSR count). The van der Waals surface area contributed by atoms with E-state index in [9.17, 15) is 22.8 Å². The molecule has 2 amide bonds. The molecular formula is C59H91N5O17S. The average Bonchev–Trinajstić information content (AvgIpc) is 3.40. The number of carbonyl (C=O) groups is 3. The highest BCUT2D eigenvalue weighted by molar-refractivity contribution is 7.86. The second kappa shape index (κ2) is 37.8. The van der Waals surface area contributed by atoms with Crippen molar-refractivity contribution in [3.63, 3.8) is 0 Å². The largest absolute Gasteiger partial charge is 0.506 e. The SMILES string of the molecule is CCCOCCOCCOS(=O)(=O)c1ccc(C)cc1.C[C@H](CC(=O)OC(C)(C)C)c1ccc(O)cn1.C[C@H](NC(=O)OC(C)(C)C)c1ccc(OCCOCCOCCOCCOc2ccc([C@H](C)NC(=O)OC(C)(C)C)nc2)cn1. The quantitative estimate of drug-likeness (QED) is 0.0183. The summed E-state index contributed by atoms with van der Waals surface area (Å²) < 4.78 is 82.6. The van der Waals surface area contributed by atoms with Crippen LogP contribution in [0.1, 0.15) is 143 Å². The molecule has 0 spiro atoms. The zero-order valence-electron chi connectivity index (χ0n) is 50.6. The van der Waals surface area contributed by atoms with E-state index in [1.54, 1.807) is 60.9 Å². The number of alkyl carbamates (subject to hydrolysis) is 2. The molecule has 0 unspecified atom stereocenters. The zero-order chi connectivity index (χ0) is 61.2. The van der Waals surface area contributed by atoms with Crippen molar-refractivity contribution in [1.29, 1.82) is 0 Å². The van der Waals surface area contributed by atoms with Gasteiger partial charge in [-0.1, -0.05) is 31.5 Å². The van der Waals surface area contributed by atoms with Crippen LogP contribution in [0.15, 0.2) is 84.1 Å². The van der Waals surface area contributed by atoms with Gasteiger partial charge in [0, 0.05) is 18.2 Å². The number of ether oxygens (including phenoxy) is 10. The van der Waals surface area contributed by atoms with Crippen molar-refractivity contribution in [1.82, 2.24) is 25.6 Å². The molecule has 0 saturated carbocycles. The molecule has 82 heavy (non-hydrogen) atoms. The maximum atomic E-state index is 11.9. The second-order valence-electron chi connectivity index (χ2n) is 21.6. The van der Waals surface area contributed by atoms with Crippen LogP contribution in [0.2, 0.25) is 0 Å². The topological polar surface area (TPSA) is 270 Å². The molecule has 3 aromatic heterocycles. The number of carbonyl (C=O) groups excluding carboxylic acids is 3. The van der Waals surface area contributed by atoms with Crippen molar-refractivity contribution >= 4 is 28.3 Å². The summed E-state index contributed by atoms with van der Waals surface area (Å²) >= 11 is 0. The van der Waals surface area contributed by atoms with Gasteiger partial charge in [0.2, 0.25) is 0 Å². The molecule has 0 saturated heterocycles. The summed E-state index contributed by atoms with van der Waals surface area (Å²) in [5.74, 6) is 1.09. The van der Waals surface area contributed by atoms with E-state index >= 15 is 0 Å². The van der Waals surface area contributed by atoms with Crippen LogP contribution < -0.4 is 20.1 Å². The van der Waals surface area contributed by atoms with E-state index in [2.05, 4.69) is 25.6 Å². The van der Waals surface area contributed by atoms with Gasteiger partial charge >= 0.3 is 18.2 Å². The Morgan fingerprint density at radius 2 is 0.902 bits per heavy atom. The van der Waals surface area contributed by atoms with E-state index in [0.29, 0.717) is 95.6 Å². The number of nitrogens with zero attached hydrogens (tertiary/aromatic N) is 3. The molecule has 0 aliphatic rings. The third-order valence-electron chi connectivity index (χ3n) is 10.3. The first-order chi connectivity index (χ1) is 38.6. The maximum Gasteiger partial charge on any atom is 0.408 e. The highest BCUT2D eigenvalue weighted by atomic mass is 32.2. The van der Waals surface area contributed by atoms with Crippen molar-refractivity contribution in [2.75, 3.05) is 85.9 Å². The fourth-order valence-corrected chi connectivity index (χ4v) is 7.32. The number of hydrogen-bond donors (Lipinski definition) is 3. The number of amides is 2. The number of aromatic nitrogens is 3. The summed E-state index contributed by atoms with van der Waals surface area (Å²) in [6.45, 7) is 31.1. The Hall–Kier alpha value is -6.21. The minimum Gasteiger partial charge on any atom is -0.506 e. The van der Waals surface area contributed by atoms with Crippen molar-refractivity contribution in [3.05, 3.63) is 102 Å². The Morgan fingerprint density at radius 1 is 0.512 bits per heavy atom. The Labute approximate surface area is 486 Å². The Bertz CT molecular complexity index is 2410. The number of aromatic hydroxyl groups is 1. The van der Waals surface area contributed by atoms with Crippen LogP contribution in [0.3, 0.4) is 0 Å². The molecule has 0 radical (unpaired) electrons. The minimum atomic E-state index is -3.69. The molecule has 23 heteroatoms. The highest BCUT2D eigenvalue weighted by Crippen LogP contribution is 2.22. The summed E-state index contributed by atoms with van der Waals surface area (Å²) in [6.07, 6.45) is 4.87. The fourth-order valence-electron chi connectivity index (χ4n) is 6.43. The number of benzene rings is 1. The van der Waals surface area contributed by atoms with Crippen molar-refractivity contribution in [2.45, 2.75) is 149 Å². The van der Waals surface area contributed by atoms with Gasteiger partial charge in [-0.25, -0.2) is 9.59 Å². The monoisotopic (exact) mass is 1170 g/mol. The van der Waals surface area contributed by atoms with Crippen LogP contribution in [-0.4, -0.2) is 149 Å². The van der Waals surface area contributed by atoms with Crippen LogP contribution in [-0.2, 0) is 57.0 Å². The van der Waals surface area contributed by atoms with Crippen LogP contribution in [0.4, 0.5) is 9.59 Å². The summed E-state index contributed by atoms with van der Waals surface area (Å²) in [4.78, 5) is 48.4. The third-order valence-corrected chi connectivity index (χ3v) is 11.6. The van der Waals surface area contributed by atoms with Gasteiger partial charge in [-0.15, -0.1) is 0 Å². The molecule has 0 aliphatic heterocycles. The molecule has 0 bridgehead atoms. The van der Waals surface area contributed by atoms with Crippen molar-refractivity contribution in [3.8, 4) is 17.2 Å². The van der Waals surface area contributed by atoms with E-state index < -0.39 is 39.1 Å². The number of nitrogens with one attached hydrogen (secondary N) is 2. The average molecular weight is 1170 g/mol. The summed E-state index contributed by atoms with van der Waals surface area (Å²) in [6, 6.07) is 16.4. The molecule has 3 heterocycles. The first-order valence-electron chi connectivity index (χ1n) is 27.4. The third kappa shape index (κ3) is 34.9. The summed E-state index contributed by atoms with van der Waals surface area (Å²) in [7, 11) is -3.69. The van der Waals surface area contributed by atoms with Gasteiger partial charge in [0.1, 0.15) is 47.3 Å². The molecule has 0 aliphatic carbocycles. The molecule has 460 valence electrons. The highest BCUT2D eigenvalue weighted by Gasteiger charge is 2.22. The lowest BCUT2D eigenvalue weighted by molar-refractivity contribution is -0.155. The maximum absolute atomic E-state index is 11.9. The van der Waals surface area contributed by atoms with Crippen molar-refractivity contribution in [2.24, 2.45) is 0 Å². The Balaban J connectivity index is 0.000000506. The predicted molar refractivity (Wildman–Crippen MR) is 309 cm³/mol. The first kappa shape index (κ1) is 71.9. The number of hydrogen-bond acceptors (Lipinski definition) is 20. The van der Waals surface area contributed by atoms with E-state index in [1.807, 2.05) is 96.9 Å². The van der Waals surface area contributed by atoms with Crippen LogP contribution in [0.25, 0.3) is 0 Å². The van der Waals surface area contributed by atoms with Crippen LogP contribution in [0.5, 0.6) is 17.2 Å². The lowest BCUT2D eigenvalue weighted by Crippen LogP contribution is -2.34. The Morgan fingerprint density at radius 3 is 1.28 bits per heavy atom. The van der Waals surface area contributed by atoms with Gasteiger partial charge in [-0.3, -0.25) is 23.9 Å². The molecular weight excluding hydrogens is 1080 g/mol. The molecule has 3 N–H and O–H groups in total. The minimum absolute atomic E-state index is 0.00396. The lowest BCUT2D eigenvalue weighted by atomic mass is 10.0. The van der Waals surface area contributed by atoms with Gasteiger partial charge in [0.05, 0.1) is 119 Å². The van der Waals surface area contributed by atoms with Crippen molar-refractivity contribution < 1.29 is 79.5 Å². The molecule has 4 aromatic rings. The molecule has 1 aromatic carbocycles. The van der Waals surface area contributed by atoms with Gasteiger partial charge in [0.25, 0.3) is 10.1 Å². The summed E-state index contributed by atoms with van der Waals surface area (Å²) in [5.41, 5.74) is 1.58. The molecule has 0 fully saturated rings. The molecule has 22 nitrogen and oxygen atoms in total. The summed E-state index contributed by atoms with van der Waals surface area (Å²) in [5, 5.41) is 14.6. The van der Waals surface area contributed by atoms with Crippen LogP contribution in [0, 0.1) is 6.92 Å². The van der Waals surface area contributed by atoms with Gasteiger partial charge in [-0.2, -0.15) is 8.42 Å². The lowest BCUT2D eigenvalue weighted by Gasteiger charge is -2.21. The Kier molecular flexibility index (Phi) is 33.1. The number of rotatable bonds is 31. The number of aryl methyl sites for hydroxylation is 1. The van der Waals surface area contributed by atoms with Gasteiger partial charge in [0.15, 0.2) is 0 Å². The van der Waals surface area contributed by atoms with E-state index in [4.69, 9.17) is 56.7 Å². The predicted octanol–water partition coefficient (Wildman–Crippen LogP) is 9.92. The van der Waals surface area contributed by atoms with Gasteiger partial charge in [-0.05, 0) is 138 Å². The van der Waals surface area contributed by atoms with Crippen LogP contribution >= 0.6 is 0 Å². The number of esters is 1. The van der Waals surface area contributed by atoms with E-state index in [1.165, 1.54) is 18.3 Å². The van der Waals surface area contributed by atoms with Gasteiger partial charge < -0.3 is 63.1 Å². The normalized spacial score (nSPS) is 12.7. The van der Waals surface area contributed by atoms with E-state index in [-0.39, 0.29) is 54.3 Å². The van der Waals surface area contributed by atoms with E-state index in [0.717, 1.165) is 17.7 Å². The standard InChI is InChI=1S/C32H50N4O9.C14H22O5S.C13H19NO3/c1-23(35-29(37)44-31(3,4)5)27-11-9-25(21-33-27)42-19-17-40-15-13-39-14-16-41-18-20-43-26-10-12-28(34-22-26)24(2)36-30(38)45-32(6,7)8;1-3-8-17-9-10-18-11-12-19-20(15,16)14-6-4-13(2)5-7-14;1-9(7-12(16)17-13(2,3)4)11-6-5-10(15)8-14-11/h9-12,21-24H,13-20H2,1-8H3,(H,35,37)(H,36,38);4-7H,3,8-12H2,1-2H3;5-6,8-9,15H,7H2,1-4H3/t23-,24-;;9-/m0.1/s1. The number of pyridine rings is 3. The smallest absolute Gasteiger partial charge is 0.408 e. The fraction of sp³-hybridized carbons (Fsp3) is 0.593. The first-order valence-corrected chi connectivity index (χ1v) is 28.8. The zero-order valence-corrected chi connectivity index (χ0v) is 51.4. The molecule has 3 atom stereocenters. The second-order valence-corrected chi connectivity index (χ2v) is 23.2.